The summed E-state index contributed by atoms with van der Waals surface area (Å²) in [6, 6.07) is 14.2. The molecule has 2 aromatic rings. The predicted octanol–water partition coefficient (Wildman–Crippen LogP) is 3.86. The zero-order valence-corrected chi connectivity index (χ0v) is 16.4. The largest absolute Gasteiger partial charge is 0.481 e. The van der Waals surface area contributed by atoms with Crippen LogP contribution in [0.5, 0.6) is 5.75 Å². The number of nitrogens with zero attached hydrogens (tertiary/aromatic N) is 1. The maximum Gasteiger partial charge on any atom is 0.343 e. The third-order valence-electron chi connectivity index (χ3n) is 3.52. The van der Waals surface area contributed by atoms with Crippen molar-refractivity contribution in [2.75, 3.05) is 19.0 Å². The van der Waals surface area contributed by atoms with Gasteiger partial charge in [0, 0.05) is 15.7 Å². The lowest BCUT2D eigenvalue weighted by atomic mass is 10.1. The highest BCUT2D eigenvalue weighted by Gasteiger charge is 2.13. The highest BCUT2D eigenvalue weighted by atomic mass is 79.9. The first-order chi connectivity index (χ1) is 12.9. The molecule has 7 heteroatoms. The normalized spacial score (nSPS) is 10.7. The van der Waals surface area contributed by atoms with Crippen LogP contribution in [0.25, 0.3) is 6.08 Å². The number of amides is 1. The van der Waals surface area contributed by atoms with Crippen LogP contribution >= 0.6 is 15.9 Å². The Hall–Kier alpha value is -3.11. The number of hydrogen-bond acceptors (Lipinski definition) is 5. The molecule has 138 valence electrons. The van der Waals surface area contributed by atoms with Gasteiger partial charge in [-0.1, -0.05) is 33.6 Å². The lowest BCUT2D eigenvalue weighted by Gasteiger charge is -2.10. The second kappa shape index (κ2) is 9.55. The number of halogens is 1. The summed E-state index contributed by atoms with van der Waals surface area (Å²) in [6.45, 7) is 1.66. The van der Waals surface area contributed by atoms with Gasteiger partial charge in [0.15, 0.2) is 6.61 Å². The highest BCUT2D eigenvalue weighted by Crippen LogP contribution is 2.26. The van der Waals surface area contributed by atoms with Crippen molar-refractivity contribution in [3.8, 4) is 11.8 Å². The van der Waals surface area contributed by atoms with E-state index in [1.807, 2.05) is 25.1 Å². The van der Waals surface area contributed by atoms with E-state index in [0.29, 0.717) is 17.0 Å². The van der Waals surface area contributed by atoms with Crippen LogP contribution in [-0.4, -0.2) is 25.6 Å². The topological polar surface area (TPSA) is 88.4 Å². The molecular weight excluding hydrogens is 412 g/mol. The van der Waals surface area contributed by atoms with Gasteiger partial charge in [0.2, 0.25) is 0 Å². The number of carbonyl (C=O) groups excluding carboxylic acids is 2. The molecule has 0 spiro atoms. The average Bonchev–Trinajstić information content (AvgIpc) is 2.66. The molecule has 0 aliphatic carbocycles. The Morgan fingerprint density at radius 2 is 1.93 bits per heavy atom. The summed E-state index contributed by atoms with van der Waals surface area (Å²) in [5.74, 6) is -0.731. The fourth-order valence-corrected chi connectivity index (χ4v) is 2.48. The first-order valence-corrected chi connectivity index (χ1v) is 8.71. The molecule has 0 saturated carbocycles. The molecule has 27 heavy (non-hydrogen) atoms. The van der Waals surface area contributed by atoms with E-state index in [-0.39, 0.29) is 12.2 Å². The minimum Gasteiger partial charge on any atom is -0.481 e. The van der Waals surface area contributed by atoms with Crippen molar-refractivity contribution < 1.29 is 19.1 Å². The zero-order chi connectivity index (χ0) is 19.8. The molecule has 0 atom stereocenters. The molecule has 0 saturated heterocycles. The smallest absolute Gasteiger partial charge is 0.343 e. The second-order valence-corrected chi connectivity index (χ2v) is 6.45. The first-order valence-electron chi connectivity index (χ1n) is 7.92. The molecule has 1 amide bonds. The van der Waals surface area contributed by atoms with Crippen LogP contribution in [0.2, 0.25) is 0 Å². The first kappa shape index (κ1) is 20.2. The predicted molar refractivity (Wildman–Crippen MR) is 105 cm³/mol. The van der Waals surface area contributed by atoms with Gasteiger partial charge in [0.1, 0.15) is 17.4 Å². The lowest BCUT2D eigenvalue weighted by molar-refractivity contribution is -0.142. The molecule has 2 aromatic carbocycles. The van der Waals surface area contributed by atoms with Crippen LogP contribution in [0.3, 0.4) is 0 Å². The van der Waals surface area contributed by atoms with Crippen LogP contribution in [0, 0.1) is 18.3 Å². The van der Waals surface area contributed by atoms with Crippen LogP contribution in [0.15, 0.2) is 52.5 Å². The molecule has 0 aliphatic heterocycles. The van der Waals surface area contributed by atoms with Crippen LogP contribution < -0.4 is 10.1 Å². The van der Waals surface area contributed by atoms with E-state index in [1.165, 1.54) is 13.2 Å². The monoisotopic (exact) mass is 428 g/mol. The molecule has 6 nitrogen and oxygen atoms in total. The zero-order valence-electron chi connectivity index (χ0n) is 14.8. The van der Waals surface area contributed by atoms with Crippen LogP contribution in [0.1, 0.15) is 11.1 Å². The number of nitrogens with one attached hydrogen (secondary N) is 1. The van der Waals surface area contributed by atoms with Crippen molar-refractivity contribution in [2.24, 2.45) is 0 Å². The Morgan fingerprint density at radius 1 is 1.22 bits per heavy atom. The number of esters is 1. The number of benzene rings is 2. The van der Waals surface area contributed by atoms with Crippen molar-refractivity contribution in [1.82, 2.24) is 0 Å². The molecule has 0 aliphatic rings. The molecule has 0 fully saturated rings. The second-order valence-electron chi connectivity index (χ2n) is 5.54. The lowest BCUT2D eigenvalue weighted by Crippen LogP contribution is -2.14. The van der Waals surface area contributed by atoms with Gasteiger partial charge in [-0.2, -0.15) is 5.26 Å². The summed E-state index contributed by atoms with van der Waals surface area (Å²) < 4.78 is 10.7. The van der Waals surface area contributed by atoms with Crippen molar-refractivity contribution in [3.63, 3.8) is 0 Å². The number of aryl methyl sites for hydroxylation is 1. The third kappa shape index (κ3) is 5.97. The van der Waals surface area contributed by atoms with E-state index in [4.69, 9.17) is 4.74 Å². The van der Waals surface area contributed by atoms with Gasteiger partial charge in [-0.15, -0.1) is 0 Å². The number of rotatable bonds is 6. The molecule has 0 radical (unpaired) electrons. The fourth-order valence-electron chi connectivity index (χ4n) is 2.10. The minimum absolute atomic E-state index is 0.100. The number of hydrogen-bond donors (Lipinski definition) is 1. The molecular formula is C20H17BrN2O4. The summed E-state index contributed by atoms with van der Waals surface area (Å²) in [4.78, 5) is 23.7. The summed E-state index contributed by atoms with van der Waals surface area (Å²) >= 11 is 3.34. The van der Waals surface area contributed by atoms with E-state index in [0.717, 1.165) is 10.0 Å². The Kier molecular flexibility index (Phi) is 7.15. The summed E-state index contributed by atoms with van der Waals surface area (Å²) in [6.07, 6.45) is 1.40. The quantitative estimate of drug-likeness (QED) is 0.428. The number of anilines is 1. The summed E-state index contributed by atoms with van der Waals surface area (Å²) in [7, 11) is 1.26. The van der Waals surface area contributed by atoms with Gasteiger partial charge >= 0.3 is 5.97 Å². The van der Waals surface area contributed by atoms with Crippen LogP contribution in [-0.2, 0) is 14.3 Å². The van der Waals surface area contributed by atoms with Gasteiger partial charge in [-0.25, -0.2) is 4.79 Å². The molecule has 1 N–H and O–H groups in total. The van der Waals surface area contributed by atoms with Crippen LogP contribution in [0.4, 0.5) is 5.69 Å². The average molecular weight is 429 g/mol. The maximum absolute atomic E-state index is 12.4. The van der Waals surface area contributed by atoms with Crippen molar-refractivity contribution in [2.45, 2.75) is 6.92 Å². The van der Waals surface area contributed by atoms with Gasteiger partial charge in [0.05, 0.1) is 7.11 Å². The van der Waals surface area contributed by atoms with Gasteiger partial charge in [0.25, 0.3) is 5.91 Å². The van der Waals surface area contributed by atoms with Gasteiger partial charge < -0.3 is 14.8 Å². The van der Waals surface area contributed by atoms with Crippen molar-refractivity contribution in [3.05, 3.63) is 63.6 Å². The van der Waals surface area contributed by atoms with E-state index in [2.05, 4.69) is 26.0 Å². The molecule has 2 rings (SSSR count). The Labute approximate surface area is 165 Å². The van der Waals surface area contributed by atoms with Crippen molar-refractivity contribution in [1.29, 1.82) is 5.26 Å². The number of nitriles is 1. The van der Waals surface area contributed by atoms with E-state index < -0.39 is 11.9 Å². The van der Waals surface area contributed by atoms with E-state index >= 15 is 0 Å². The number of carbonyl (C=O) groups is 2. The standard InChI is InChI=1S/C20H17BrN2O4/c1-13-3-6-17(7-4-13)23-20(25)15(11-22)9-14-10-16(21)5-8-18(14)27-12-19(24)26-2/h3-10H,12H2,1-2H3,(H,23,25)/b15-9+. The molecule has 0 unspecified atom stereocenters. The highest BCUT2D eigenvalue weighted by molar-refractivity contribution is 9.10. The van der Waals surface area contributed by atoms with Crippen molar-refractivity contribution >= 4 is 39.6 Å². The van der Waals surface area contributed by atoms with Gasteiger partial charge in [-0.05, 0) is 43.3 Å². The maximum atomic E-state index is 12.4. The minimum atomic E-state index is -0.541. The number of ether oxygens (including phenoxy) is 2. The Balaban J connectivity index is 2.26. The third-order valence-corrected chi connectivity index (χ3v) is 4.01. The fraction of sp³-hybridized carbons (Fsp3) is 0.150. The van der Waals surface area contributed by atoms with Gasteiger partial charge in [-0.3, -0.25) is 4.79 Å². The summed E-state index contributed by atoms with van der Waals surface area (Å²) in [5, 5.41) is 12.1. The molecule has 0 aromatic heterocycles. The number of methoxy groups -OCH3 is 1. The Bertz CT molecular complexity index is 915. The van der Waals surface area contributed by atoms with E-state index in [1.54, 1.807) is 30.3 Å². The Morgan fingerprint density at radius 3 is 2.56 bits per heavy atom. The van der Waals surface area contributed by atoms with E-state index in [9.17, 15) is 14.9 Å². The molecule has 0 bridgehead atoms. The SMILES string of the molecule is COC(=O)COc1ccc(Br)cc1/C=C(\C#N)C(=O)Nc1ccc(C)cc1. The summed E-state index contributed by atoms with van der Waals surface area (Å²) in [5.41, 5.74) is 2.02. The molecule has 0 heterocycles.